The van der Waals surface area contributed by atoms with Crippen molar-refractivity contribution < 1.29 is 4.39 Å². The Morgan fingerprint density at radius 1 is 1.10 bits per heavy atom. The number of anilines is 1. The number of pyridine rings is 1. The molecule has 0 spiro atoms. The highest BCUT2D eigenvalue weighted by molar-refractivity contribution is 6.30. The van der Waals surface area contributed by atoms with E-state index in [1.54, 1.807) is 24.3 Å². The van der Waals surface area contributed by atoms with Crippen LogP contribution in [-0.2, 0) is 0 Å². The molecule has 2 N–H and O–H groups in total. The first-order chi connectivity index (χ1) is 9.56. The smallest absolute Gasteiger partial charge is 0.264 e. The number of hydrogen-bond acceptors (Lipinski definition) is 2. The average molecular weight is 289 g/mol. The van der Waals surface area contributed by atoms with Crippen LogP contribution < -0.4 is 11.3 Å². The largest absolute Gasteiger partial charge is 0.385 e. The molecule has 0 atom stereocenters. The Kier molecular flexibility index (Phi) is 2.95. The number of nitrogens with zero attached hydrogens (tertiary/aromatic N) is 1. The van der Waals surface area contributed by atoms with E-state index >= 15 is 0 Å². The van der Waals surface area contributed by atoms with Crippen molar-refractivity contribution in [1.82, 2.24) is 4.57 Å². The van der Waals surface area contributed by atoms with Crippen molar-refractivity contribution in [3.63, 3.8) is 0 Å². The van der Waals surface area contributed by atoms with Crippen LogP contribution in [0.3, 0.4) is 0 Å². The predicted octanol–water partition coefficient (Wildman–Crippen LogP) is 3.37. The Bertz CT molecular complexity index is 853. The maximum Gasteiger partial charge on any atom is 0.264 e. The lowest BCUT2D eigenvalue weighted by Gasteiger charge is -2.11. The molecule has 5 heteroatoms. The van der Waals surface area contributed by atoms with Crippen LogP contribution in [0.4, 0.5) is 10.2 Å². The second-order valence-electron chi connectivity index (χ2n) is 4.42. The van der Waals surface area contributed by atoms with Crippen LogP contribution in [0.2, 0.25) is 5.02 Å². The number of nitrogen functional groups attached to an aromatic ring is 1. The van der Waals surface area contributed by atoms with Gasteiger partial charge in [-0.05, 0) is 35.7 Å². The van der Waals surface area contributed by atoms with Gasteiger partial charge in [-0.2, -0.15) is 0 Å². The highest BCUT2D eigenvalue weighted by Gasteiger charge is 2.10. The maximum atomic E-state index is 13.5. The first-order valence-electron chi connectivity index (χ1n) is 5.93. The summed E-state index contributed by atoms with van der Waals surface area (Å²) < 4.78 is 14.7. The van der Waals surface area contributed by atoms with E-state index in [1.165, 1.54) is 22.8 Å². The first kappa shape index (κ1) is 12.7. The molecule has 0 radical (unpaired) electrons. The summed E-state index contributed by atoms with van der Waals surface area (Å²) in [5.74, 6) is -0.290. The molecule has 0 saturated carbocycles. The molecular formula is C15H10ClFN2O. The summed E-state index contributed by atoms with van der Waals surface area (Å²) in [6.07, 6.45) is 0. The molecule has 0 unspecified atom stereocenters. The zero-order valence-corrected chi connectivity index (χ0v) is 11.1. The van der Waals surface area contributed by atoms with Crippen LogP contribution >= 0.6 is 11.6 Å². The molecule has 0 aliphatic rings. The summed E-state index contributed by atoms with van der Waals surface area (Å²) in [5, 5.41) is 1.47. The highest BCUT2D eigenvalue weighted by atomic mass is 35.5. The van der Waals surface area contributed by atoms with Crippen molar-refractivity contribution in [2.45, 2.75) is 0 Å². The fourth-order valence-electron chi connectivity index (χ4n) is 2.21. The summed E-state index contributed by atoms with van der Waals surface area (Å²) in [6, 6.07) is 12.7. The van der Waals surface area contributed by atoms with Gasteiger partial charge in [-0.1, -0.05) is 29.8 Å². The normalized spacial score (nSPS) is 10.9. The zero-order chi connectivity index (χ0) is 14.3. The van der Waals surface area contributed by atoms with E-state index in [0.717, 1.165) is 5.39 Å². The summed E-state index contributed by atoms with van der Waals surface area (Å²) in [6.45, 7) is 0. The Morgan fingerprint density at radius 3 is 2.60 bits per heavy atom. The number of aromatic nitrogens is 1. The van der Waals surface area contributed by atoms with Gasteiger partial charge in [0.25, 0.3) is 5.56 Å². The van der Waals surface area contributed by atoms with Gasteiger partial charge in [0, 0.05) is 10.4 Å². The summed E-state index contributed by atoms with van der Waals surface area (Å²) >= 11 is 5.83. The topological polar surface area (TPSA) is 48.0 Å². The van der Waals surface area contributed by atoms with E-state index in [-0.39, 0.29) is 16.4 Å². The highest BCUT2D eigenvalue weighted by Crippen LogP contribution is 2.21. The number of nitrogens with two attached hydrogens (primary N) is 1. The monoisotopic (exact) mass is 288 g/mol. The van der Waals surface area contributed by atoms with Gasteiger partial charge in [-0.25, -0.2) is 4.39 Å². The number of rotatable bonds is 1. The van der Waals surface area contributed by atoms with Crippen molar-refractivity contribution >= 4 is 28.2 Å². The van der Waals surface area contributed by atoms with E-state index < -0.39 is 5.82 Å². The molecule has 3 aromatic rings. The van der Waals surface area contributed by atoms with Crippen LogP contribution in [-0.4, -0.2) is 4.57 Å². The first-order valence-corrected chi connectivity index (χ1v) is 6.31. The van der Waals surface area contributed by atoms with Crippen molar-refractivity contribution in [1.29, 1.82) is 0 Å². The van der Waals surface area contributed by atoms with Crippen molar-refractivity contribution in [2.24, 2.45) is 0 Å². The van der Waals surface area contributed by atoms with Crippen LogP contribution in [0.1, 0.15) is 0 Å². The standard InChI is InChI=1S/C15H10ClFN2O/c16-10-6-11(17)8-12(7-10)19-14(18)5-9-3-1-2-4-13(9)15(19)20/h1-8H,18H2. The molecule has 100 valence electrons. The number of hydrogen-bond donors (Lipinski definition) is 1. The van der Waals surface area contributed by atoms with Gasteiger partial charge >= 0.3 is 0 Å². The van der Waals surface area contributed by atoms with Gasteiger partial charge in [0.1, 0.15) is 11.6 Å². The Balaban J connectivity index is 2.39. The van der Waals surface area contributed by atoms with E-state index in [4.69, 9.17) is 17.3 Å². The van der Waals surface area contributed by atoms with E-state index in [0.29, 0.717) is 11.1 Å². The van der Waals surface area contributed by atoms with Crippen molar-refractivity contribution in [2.75, 3.05) is 5.73 Å². The van der Waals surface area contributed by atoms with Crippen molar-refractivity contribution in [3.8, 4) is 5.69 Å². The minimum atomic E-state index is -0.521. The van der Waals surface area contributed by atoms with E-state index in [1.807, 2.05) is 6.07 Å². The van der Waals surface area contributed by atoms with Crippen LogP contribution in [0.5, 0.6) is 0 Å². The molecular weight excluding hydrogens is 279 g/mol. The molecule has 1 heterocycles. The minimum Gasteiger partial charge on any atom is -0.385 e. The number of fused-ring (bicyclic) bond motifs is 1. The Hall–Kier alpha value is -2.33. The SMILES string of the molecule is Nc1cc2ccccc2c(=O)n1-c1cc(F)cc(Cl)c1. The molecule has 0 aliphatic carbocycles. The van der Waals surface area contributed by atoms with Gasteiger partial charge in [-0.3, -0.25) is 9.36 Å². The molecule has 0 fully saturated rings. The molecule has 2 aromatic carbocycles. The number of benzene rings is 2. The second kappa shape index (κ2) is 4.65. The van der Waals surface area contributed by atoms with E-state index in [2.05, 4.69) is 0 Å². The lowest BCUT2D eigenvalue weighted by molar-refractivity contribution is 0.626. The molecule has 0 bridgehead atoms. The minimum absolute atomic E-state index is 0.208. The summed E-state index contributed by atoms with van der Waals surface area (Å²) in [5.41, 5.74) is 5.92. The Labute approximate surface area is 119 Å². The van der Waals surface area contributed by atoms with E-state index in [9.17, 15) is 9.18 Å². The van der Waals surface area contributed by atoms with Gasteiger partial charge in [0.2, 0.25) is 0 Å². The van der Waals surface area contributed by atoms with Crippen LogP contribution in [0.15, 0.2) is 53.3 Å². The second-order valence-corrected chi connectivity index (χ2v) is 4.86. The van der Waals surface area contributed by atoms with Gasteiger partial charge in [0.15, 0.2) is 0 Å². The fraction of sp³-hybridized carbons (Fsp3) is 0. The maximum absolute atomic E-state index is 13.5. The number of halogens is 2. The quantitative estimate of drug-likeness (QED) is 0.746. The van der Waals surface area contributed by atoms with Crippen molar-refractivity contribution in [3.05, 3.63) is 69.7 Å². The third kappa shape index (κ3) is 2.04. The third-order valence-corrected chi connectivity index (χ3v) is 3.28. The molecule has 1 aromatic heterocycles. The van der Waals surface area contributed by atoms with Crippen LogP contribution in [0, 0.1) is 5.82 Å². The Morgan fingerprint density at radius 2 is 1.85 bits per heavy atom. The van der Waals surface area contributed by atoms with Gasteiger partial charge in [0.05, 0.1) is 5.69 Å². The average Bonchev–Trinajstić information content (AvgIpc) is 2.37. The lowest BCUT2D eigenvalue weighted by atomic mass is 10.1. The van der Waals surface area contributed by atoms with Gasteiger partial charge in [-0.15, -0.1) is 0 Å². The fourth-order valence-corrected chi connectivity index (χ4v) is 2.43. The lowest BCUT2D eigenvalue weighted by Crippen LogP contribution is -2.21. The predicted molar refractivity (Wildman–Crippen MR) is 78.9 cm³/mol. The van der Waals surface area contributed by atoms with Crippen LogP contribution in [0.25, 0.3) is 16.5 Å². The molecule has 3 rings (SSSR count). The summed E-state index contributed by atoms with van der Waals surface area (Å²) in [4.78, 5) is 12.5. The van der Waals surface area contributed by atoms with Gasteiger partial charge < -0.3 is 5.73 Å². The molecule has 0 saturated heterocycles. The molecule has 3 nitrogen and oxygen atoms in total. The molecule has 0 aliphatic heterocycles. The molecule has 20 heavy (non-hydrogen) atoms. The molecule has 0 amide bonds. The third-order valence-electron chi connectivity index (χ3n) is 3.06. The summed E-state index contributed by atoms with van der Waals surface area (Å²) in [7, 11) is 0. The zero-order valence-electron chi connectivity index (χ0n) is 10.3.